The predicted molar refractivity (Wildman–Crippen MR) is 167 cm³/mol. The van der Waals surface area contributed by atoms with Crippen LogP contribution in [0.1, 0.15) is 62.3 Å². The van der Waals surface area contributed by atoms with Gasteiger partial charge >= 0.3 is 0 Å². The molecule has 2 aromatic heterocycles. The number of primary amides is 1. The fourth-order valence-corrected chi connectivity index (χ4v) is 4.14. The number of benzene rings is 1. The van der Waals surface area contributed by atoms with Crippen molar-refractivity contribution in [2.75, 3.05) is 13.6 Å². The molecule has 1 aromatic carbocycles. The average molecular weight is 558 g/mol. The summed E-state index contributed by atoms with van der Waals surface area (Å²) in [5.74, 6) is 0.512. The van der Waals surface area contributed by atoms with Crippen molar-refractivity contribution >= 4 is 34.7 Å². The number of H-pyrrole nitrogens is 1. The van der Waals surface area contributed by atoms with Crippen molar-refractivity contribution in [1.29, 1.82) is 0 Å². The third-order valence-corrected chi connectivity index (χ3v) is 6.23. The zero-order chi connectivity index (χ0) is 30.4. The smallest absolute Gasteiger partial charge is 0.274 e. The second kappa shape index (κ2) is 16.6. The minimum absolute atomic E-state index is 0.0831. The van der Waals surface area contributed by atoms with Crippen LogP contribution in [0.15, 0.2) is 79.5 Å². The minimum atomic E-state index is -0.465. The minimum Gasteiger partial charge on any atom is -0.372 e. The molecular formula is C33H43N5O3. The Morgan fingerprint density at radius 1 is 1.12 bits per heavy atom. The lowest BCUT2D eigenvalue weighted by molar-refractivity contribution is -0.133. The molecule has 0 radical (unpaired) electrons. The zero-order valence-corrected chi connectivity index (χ0v) is 24.8. The number of nitrogens with zero attached hydrogens (tertiary/aromatic N) is 3. The van der Waals surface area contributed by atoms with Gasteiger partial charge in [-0.2, -0.15) is 0 Å². The number of hydrogen-bond acceptors (Lipinski definition) is 4. The first kappa shape index (κ1) is 32.8. The van der Waals surface area contributed by atoms with Crippen LogP contribution in [0.4, 0.5) is 0 Å². The Morgan fingerprint density at radius 3 is 2.37 bits per heavy atom. The molecule has 4 rings (SSSR count). The fourth-order valence-electron chi connectivity index (χ4n) is 4.14. The summed E-state index contributed by atoms with van der Waals surface area (Å²) in [6, 6.07) is 13.6. The van der Waals surface area contributed by atoms with E-state index in [4.69, 9.17) is 4.79 Å². The number of carbonyl (C=O) groups is 3. The van der Waals surface area contributed by atoms with Crippen LogP contribution in [0.3, 0.4) is 0 Å². The summed E-state index contributed by atoms with van der Waals surface area (Å²) in [6.45, 7) is 12.4. The lowest BCUT2D eigenvalue weighted by Crippen LogP contribution is -2.50. The number of pyridine rings is 1. The van der Waals surface area contributed by atoms with E-state index >= 15 is 0 Å². The summed E-state index contributed by atoms with van der Waals surface area (Å²) in [7, 11) is 1.72. The number of fused-ring (bicyclic) bond motifs is 1. The largest absolute Gasteiger partial charge is 0.372 e. The number of allylic oxidation sites excluding steroid dienone is 4. The molecule has 218 valence electrons. The number of nitrogens with two attached hydrogens (primary N) is 1. The van der Waals surface area contributed by atoms with Gasteiger partial charge in [-0.1, -0.05) is 69.3 Å². The number of hydrogen-bond donors (Lipinski definition) is 2. The molecule has 2 heterocycles. The maximum absolute atomic E-state index is 13.3. The first-order valence-electron chi connectivity index (χ1n) is 13.9. The van der Waals surface area contributed by atoms with E-state index in [-0.39, 0.29) is 24.6 Å². The highest BCUT2D eigenvalue weighted by Crippen LogP contribution is 2.21. The van der Waals surface area contributed by atoms with E-state index in [0.717, 1.165) is 46.5 Å². The van der Waals surface area contributed by atoms with Gasteiger partial charge in [0.05, 0.1) is 6.42 Å². The second-order valence-electron chi connectivity index (χ2n) is 10.4. The highest BCUT2D eigenvalue weighted by Gasteiger charge is 2.27. The average Bonchev–Trinajstić information content (AvgIpc) is 3.38. The molecule has 0 spiro atoms. The molecule has 1 unspecified atom stereocenters. The number of aromatic amines is 1. The number of aromatic nitrogens is 2. The quantitative estimate of drug-likeness (QED) is 0.209. The summed E-state index contributed by atoms with van der Waals surface area (Å²) in [4.78, 5) is 45.8. The highest BCUT2D eigenvalue weighted by atomic mass is 16.2. The van der Waals surface area contributed by atoms with Crippen molar-refractivity contribution in [2.24, 2.45) is 11.7 Å². The standard InChI is InChI=1S/C28H30N4O2.C4H10.CH3NO/c1-4-16-32(28(34)26-15-14-23(19-29-26)21-10-6-5-7-11-21)20(2)31(3)27(33)18-24-17-22-12-8-9-13-25(22)30-24;1-4(2)3;2-1-3/h4,6,8-15,17,19-20,30H,1,5,7,16,18H2,2-3H3;4H,1-3H3;1H,(H2,2,3). The van der Waals surface area contributed by atoms with Crippen molar-refractivity contribution < 1.29 is 14.4 Å². The van der Waals surface area contributed by atoms with Gasteiger partial charge in [0.2, 0.25) is 12.3 Å². The Balaban J connectivity index is 0.000000759. The van der Waals surface area contributed by atoms with E-state index in [9.17, 15) is 9.59 Å². The Labute approximate surface area is 243 Å². The molecule has 1 atom stereocenters. The molecule has 0 bridgehead atoms. The van der Waals surface area contributed by atoms with Gasteiger partial charge in [-0.3, -0.25) is 19.4 Å². The normalized spacial score (nSPS) is 12.7. The molecule has 41 heavy (non-hydrogen) atoms. The Hall–Kier alpha value is -4.46. The fraction of sp³-hybridized carbons (Fsp3) is 0.333. The maximum Gasteiger partial charge on any atom is 0.274 e. The van der Waals surface area contributed by atoms with Gasteiger partial charge in [-0.05, 0) is 60.4 Å². The van der Waals surface area contributed by atoms with E-state index in [0.29, 0.717) is 12.2 Å². The Morgan fingerprint density at radius 2 is 1.80 bits per heavy atom. The number of amides is 3. The summed E-state index contributed by atoms with van der Waals surface area (Å²) < 4.78 is 0. The van der Waals surface area contributed by atoms with Crippen LogP contribution in [0, 0.1) is 5.92 Å². The molecule has 3 aromatic rings. The molecule has 0 saturated heterocycles. The van der Waals surface area contributed by atoms with Gasteiger partial charge in [0.25, 0.3) is 5.91 Å². The van der Waals surface area contributed by atoms with Crippen molar-refractivity contribution in [3.05, 3.63) is 96.5 Å². The molecule has 0 aliphatic heterocycles. The SMILES string of the molecule is C=CCN(C(=O)c1ccc(C2=CCCC=C2)cn1)C(C)N(C)C(=O)Cc1cc2ccccc2[nH]1.CC(C)C.NC=O. The van der Waals surface area contributed by atoms with Gasteiger partial charge in [0.1, 0.15) is 11.9 Å². The first-order valence-corrected chi connectivity index (χ1v) is 13.9. The summed E-state index contributed by atoms with van der Waals surface area (Å²) in [6.07, 6.45) is 11.9. The van der Waals surface area contributed by atoms with Gasteiger partial charge in [0.15, 0.2) is 0 Å². The molecule has 8 heteroatoms. The first-order chi connectivity index (χ1) is 19.6. The van der Waals surface area contributed by atoms with Crippen molar-refractivity contribution in [3.8, 4) is 0 Å². The molecule has 0 saturated carbocycles. The summed E-state index contributed by atoms with van der Waals surface area (Å²) in [5.41, 5.74) is 8.46. The third-order valence-electron chi connectivity index (χ3n) is 6.23. The monoisotopic (exact) mass is 557 g/mol. The molecule has 8 nitrogen and oxygen atoms in total. The molecule has 3 amide bonds. The molecule has 3 N–H and O–H groups in total. The zero-order valence-electron chi connectivity index (χ0n) is 24.8. The van der Waals surface area contributed by atoms with Crippen LogP contribution in [0.5, 0.6) is 0 Å². The molecule has 1 aliphatic rings. The number of likely N-dealkylation sites (N-methyl/N-ethyl adjacent to an activating group) is 1. The number of nitrogens with one attached hydrogen (secondary N) is 1. The lowest BCUT2D eigenvalue weighted by Gasteiger charge is -2.34. The topological polar surface area (TPSA) is 112 Å². The summed E-state index contributed by atoms with van der Waals surface area (Å²) >= 11 is 0. The van der Waals surface area contributed by atoms with E-state index in [1.54, 1.807) is 35.2 Å². The van der Waals surface area contributed by atoms with Crippen molar-refractivity contribution in [1.82, 2.24) is 19.8 Å². The lowest BCUT2D eigenvalue weighted by atomic mass is 10.0. The van der Waals surface area contributed by atoms with Crippen LogP contribution >= 0.6 is 0 Å². The Kier molecular flexibility index (Phi) is 13.3. The second-order valence-corrected chi connectivity index (χ2v) is 10.4. The molecular weight excluding hydrogens is 514 g/mol. The Bertz CT molecular complexity index is 1320. The summed E-state index contributed by atoms with van der Waals surface area (Å²) in [5, 5.41) is 1.07. The van der Waals surface area contributed by atoms with Gasteiger partial charge in [-0.25, -0.2) is 0 Å². The van der Waals surface area contributed by atoms with E-state index < -0.39 is 6.17 Å². The third kappa shape index (κ3) is 9.90. The van der Waals surface area contributed by atoms with E-state index in [1.165, 1.54) is 0 Å². The number of carbonyl (C=O) groups excluding carboxylic acids is 3. The van der Waals surface area contributed by atoms with Crippen LogP contribution in [-0.4, -0.2) is 57.8 Å². The van der Waals surface area contributed by atoms with Crippen molar-refractivity contribution in [3.63, 3.8) is 0 Å². The van der Waals surface area contributed by atoms with Crippen LogP contribution in [-0.2, 0) is 16.0 Å². The predicted octanol–water partition coefficient (Wildman–Crippen LogP) is 5.74. The highest BCUT2D eigenvalue weighted by molar-refractivity contribution is 5.93. The van der Waals surface area contributed by atoms with E-state index in [1.807, 2.05) is 43.3 Å². The molecule has 1 aliphatic carbocycles. The van der Waals surface area contributed by atoms with Gasteiger partial charge < -0.3 is 20.5 Å². The van der Waals surface area contributed by atoms with Crippen molar-refractivity contribution in [2.45, 2.75) is 53.1 Å². The molecule has 0 fully saturated rings. The van der Waals surface area contributed by atoms with Gasteiger partial charge in [0, 0.05) is 31.0 Å². The van der Waals surface area contributed by atoms with Crippen LogP contribution in [0.25, 0.3) is 16.5 Å². The maximum atomic E-state index is 13.3. The van der Waals surface area contributed by atoms with Crippen LogP contribution < -0.4 is 5.73 Å². The van der Waals surface area contributed by atoms with E-state index in [2.05, 4.69) is 61.3 Å². The number of rotatable bonds is 8. The van der Waals surface area contributed by atoms with Gasteiger partial charge in [-0.15, -0.1) is 6.58 Å². The van der Waals surface area contributed by atoms with Crippen LogP contribution in [0.2, 0.25) is 0 Å². The number of para-hydroxylation sites is 1.